The number of rotatable bonds is 6. The molecule has 0 saturated carbocycles. The van der Waals surface area contributed by atoms with Gasteiger partial charge in [0, 0.05) is 19.1 Å². The highest BCUT2D eigenvalue weighted by Gasteiger charge is 2.25. The molecule has 0 aromatic heterocycles. The minimum atomic E-state index is -0.0267. The quantitative estimate of drug-likeness (QED) is 0.610. The average molecular weight is 216 g/mol. The first kappa shape index (κ1) is 14.4. The molecule has 0 bridgehead atoms. The molecule has 0 heterocycles. The van der Waals surface area contributed by atoms with Crippen molar-refractivity contribution in [1.82, 2.24) is 5.32 Å². The first-order chi connectivity index (χ1) is 6.91. The number of nitrogens with one attached hydrogen (secondary N) is 1. The van der Waals surface area contributed by atoms with Gasteiger partial charge in [-0.1, -0.05) is 20.8 Å². The molecule has 1 unspecified atom stereocenters. The van der Waals surface area contributed by atoms with E-state index < -0.39 is 0 Å². The van der Waals surface area contributed by atoms with Crippen LogP contribution in [0.4, 0.5) is 0 Å². The van der Waals surface area contributed by atoms with Gasteiger partial charge in [-0.25, -0.2) is 0 Å². The number of nitrogens with two attached hydrogens (primary N) is 1. The molecule has 0 aliphatic carbocycles. The van der Waals surface area contributed by atoms with Crippen LogP contribution in [-0.2, 0) is 4.79 Å². The van der Waals surface area contributed by atoms with Crippen LogP contribution in [0, 0.1) is 5.41 Å². The summed E-state index contributed by atoms with van der Waals surface area (Å²) in [5, 5.41) is 11.9. The van der Waals surface area contributed by atoms with Crippen LogP contribution in [0.15, 0.2) is 0 Å². The van der Waals surface area contributed by atoms with E-state index in [0.717, 1.165) is 0 Å². The largest absolute Gasteiger partial charge is 0.396 e. The van der Waals surface area contributed by atoms with Crippen molar-refractivity contribution in [2.24, 2.45) is 11.1 Å². The van der Waals surface area contributed by atoms with Gasteiger partial charge in [-0.3, -0.25) is 4.79 Å². The Balaban J connectivity index is 4.11. The molecule has 4 nitrogen and oxygen atoms in total. The molecule has 4 N–H and O–H groups in total. The normalized spacial score (nSPS) is 13.7. The van der Waals surface area contributed by atoms with Crippen molar-refractivity contribution in [2.75, 3.05) is 13.2 Å². The van der Waals surface area contributed by atoms with Crippen LogP contribution >= 0.6 is 0 Å². The van der Waals surface area contributed by atoms with Crippen molar-refractivity contribution >= 4 is 5.91 Å². The van der Waals surface area contributed by atoms with E-state index in [1.807, 2.05) is 0 Å². The number of hydrogen-bond acceptors (Lipinski definition) is 3. The lowest BCUT2D eigenvalue weighted by atomic mass is 9.85. The molecule has 4 heteroatoms. The Morgan fingerprint density at radius 3 is 2.47 bits per heavy atom. The zero-order chi connectivity index (χ0) is 11.9. The number of amides is 1. The van der Waals surface area contributed by atoms with Crippen molar-refractivity contribution in [3.63, 3.8) is 0 Å². The van der Waals surface area contributed by atoms with Gasteiger partial charge in [0.15, 0.2) is 0 Å². The van der Waals surface area contributed by atoms with E-state index in [1.54, 1.807) is 0 Å². The summed E-state index contributed by atoms with van der Waals surface area (Å²) in [4.78, 5) is 11.5. The Hall–Kier alpha value is -0.610. The van der Waals surface area contributed by atoms with E-state index in [-0.39, 0.29) is 24.0 Å². The van der Waals surface area contributed by atoms with Gasteiger partial charge in [0.05, 0.1) is 0 Å². The Labute approximate surface area is 92.2 Å². The first-order valence-electron chi connectivity index (χ1n) is 5.52. The van der Waals surface area contributed by atoms with E-state index in [2.05, 4.69) is 26.1 Å². The van der Waals surface area contributed by atoms with Crippen molar-refractivity contribution in [3.8, 4) is 0 Å². The Bertz CT molecular complexity index is 188. The van der Waals surface area contributed by atoms with Gasteiger partial charge in [0.1, 0.15) is 0 Å². The Kier molecular flexibility index (Phi) is 6.52. The molecular formula is C11H24N2O2. The molecule has 0 aliphatic heterocycles. The van der Waals surface area contributed by atoms with E-state index in [4.69, 9.17) is 10.8 Å². The minimum Gasteiger partial charge on any atom is -0.396 e. The van der Waals surface area contributed by atoms with Crippen LogP contribution in [0.1, 0.15) is 40.0 Å². The fourth-order valence-corrected chi connectivity index (χ4v) is 1.38. The van der Waals surface area contributed by atoms with E-state index in [9.17, 15) is 4.79 Å². The topological polar surface area (TPSA) is 75.3 Å². The maximum Gasteiger partial charge on any atom is 0.220 e. The fourth-order valence-electron chi connectivity index (χ4n) is 1.38. The predicted octanol–water partition coefficient (Wildman–Crippen LogP) is 0.639. The van der Waals surface area contributed by atoms with E-state index in [1.165, 1.54) is 0 Å². The van der Waals surface area contributed by atoms with Gasteiger partial charge in [-0.15, -0.1) is 0 Å². The summed E-state index contributed by atoms with van der Waals surface area (Å²) in [5.41, 5.74) is 5.31. The third-order valence-corrected chi connectivity index (χ3v) is 2.41. The molecule has 0 aromatic carbocycles. The Morgan fingerprint density at radius 2 is 2.07 bits per heavy atom. The summed E-state index contributed by atoms with van der Waals surface area (Å²) in [6.45, 7) is 6.79. The van der Waals surface area contributed by atoms with Crippen LogP contribution in [0.3, 0.4) is 0 Å². The number of hydrogen-bond donors (Lipinski definition) is 3. The van der Waals surface area contributed by atoms with Gasteiger partial charge in [-0.05, 0) is 24.8 Å². The standard InChI is InChI=1S/C11H24N2O2/c1-11(2,3)9(6-8-14)13-10(15)5-4-7-12/h9,14H,4-8,12H2,1-3H3,(H,13,15). The third-order valence-electron chi connectivity index (χ3n) is 2.41. The van der Waals surface area contributed by atoms with Crippen molar-refractivity contribution in [2.45, 2.75) is 46.1 Å². The second-order valence-corrected chi connectivity index (χ2v) is 4.89. The number of carbonyl (C=O) groups excluding carboxylic acids is 1. The molecule has 1 amide bonds. The average Bonchev–Trinajstić information content (AvgIpc) is 2.12. The zero-order valence-corrected chi connectivity index (χ0v) is 10.0. The first-order valence-corrected chi connectivity index (χ1v) is 5.52. The monoisotopic (exact) mass is 216 g/mol. The molecule has 0 saturated heterocycles. The number of carbonyl (C=O) groups is 1. The van der Waals surface area contributed by atoms with Crippen molar-refractivity contribution in [1.29, 1.82) is 0 Å². The second kappa shape index (κ2) is 6.80. The fraction of sp³-hybridized carbons (Fsp3) is 0.909. The lowest BCUT2D eigenvalue weighted by Crippen LogP contribution is -2.44. The lowest BCUT2D eigenvalue weighted by molar-refractivity contribution is -0.122. The Morgan fingerprint density at radius 1 is 1.47 bits per heavy atom. The molecule has 0 spiro atoms. The molecule has 0 aliphatic rings. The number of aliphatic hydroxyl groups excluding tert-OH is 1. The summed E-state index contributed by atoms with van der Waals surface area (Å²) >= 11 is 0. The zero-order valence-electron chi connectivity index (χ0n) is 10.0. The molecule has 0 radical (unpaired) electrons. The summed E-state index contributed by atoms with van der Waals surface area (Å²) in [7, 11) is 0. The highest BCUT2D eigenvalue weighted by molar-refractivity contribution is 5.76. The summed E-state index contributed by atoms with van der Waals surface area (Å²) in [6.07, 6.45) is 1.77. The highest BCUT2D eigenvalue weighted by Crippen LogP contribution is 2.21. The lowest BCUT2D eigenvalue weighted by Gasteiger charge is -2.31. The second-order valence-electron chi connectivity index (χ2n) is 4.89. The van der Waals surface area contributed by atoms with E-state index >= 15 is 0 Å². The maximum atomic E-state index is 11.5. The summed E-state index contributed by atoms with van der Waals surface area (Å²) in [5.74, 6) is 0.0221. The predicted molar refractivity (Wildman–Crippen MR) is 61.4 cm³/mol. The van der Waals surface area contributed by atoms with Gasteiger partial charge in [0.25, 0.3) is 0 Å². The van der Waals surface area contributed by atoms with Crippen LogP contribution in [0.25, 0.3) is 0 Å². The molecule has 0 rings (SSSR count). The van der Waals surface area contributed by atoms with Gasteiger partial charge in [0.2, 0.25) is 5.91 Å². The highest BCUT2D eigenvalue weighted by atomic mass is 16.3. The van der Waals surface area contributed by atoms with Crippen molar-refractivity contribution < 1.29 is 9.90 Å². The summed E-state index contributed by atoms with van der Waals surface area (Å²) < 4.78 is 0. The molecular weight excluding hydrogens is 192 g/mol. The van der Waals surface area contributed by atoms with Crippen LogP contribution in [-0.4, -0.2) is 30.2 Å². The summed E-state index contributed by atoms with van der Waals surface area (Å²) in [6, 6.07) is 0.0211. The van der Waals surface area contributed by atoms with E-state index in [0.29, 0.717) is 25.8 Å². The minimum absolute atomic E-state index is 0.0211. The smallest absolute Gasteiger partial charge is 0.220 e. The maximum absolute atomic E-state index is 11.5. The van der Waals surface area contributed by atoms with Gasteiger partial charge < -0.3 is 16.2 Å². The molecule has 1 atom stereocenters. The molecule has 90 valence electrons. The third kappa shape index (κ3) is 6.47. The van der Waals surface area contributed by atoms with Crippen LogP contribution in [0.2, 0.25) is 0 Å². The SMILES string of the molecule is CC(C)(C)C(CCO)NC(=O)CCCN. The van der Waals surface area contributed by atoms with Gasteiger partial charge in [-0.2, -0.15) is 0 Å². The van der Waals surface area contributed by atoms with Crippen molar-refractivity contribution in [3.05, 3.63) is 0 Å². The number of aliphatic hydroxyl groups is 1. The molecule has 15 heavy (non-hydrogen) atoms. The van der Waals surface area contributed by atoms with Crippen LogP contribution < -0.4 is 11.1 Å². The van der Waals surface area contributed by atoms with Gasteiger partial charge >= 0.3 is 0 Å². The molecule has 0 aromatic rings. The van der Waals surface area contributed by atoms with Crippen LogP contribution in [0.5, 0.6) is 0 Å². The molecule has 0 fully saturated rings.